The van der Waals surface area contributed by atoms with Gasteiger partial charge in [-0.1, -0.05) is 0 Å². The first kappa shape index (κ1) is 9.85. The van der Waals surface area contributed by atoms with E-state index in [0.717, 1.165) is 6.07 Å². The number of hydrogen-bond donors (Lipinski definition) is 2. The van der Waals surface area contributed by atoms with Crippen molar-refractivity contribution in [3.05, 3.63) is 23.3 Å². The van der Waals surface area contributed by atoms with Gasteiger partial charge in [-0.25, -0.2) is 4.39 Å². The van der Waals surface area contributed by atoms with Crippen LogP contribution < -0.4 is 10.1 Å². The fourth-order valence-corrected chi connectivity index (χ4v) is 1.34. The molecule has 0 radical (unpaired) electrons. The highest BCUT2D eigenvalue weighted by Gasteiger charge is 2.24. The van der Waals surface area contributed by atoms with Gasteiger partial charge in [-0.15, -0.1) is 0 Å². The van der Waals surface area contributed by atoms with Gasteiger partial charge < -0.3 is 15.2 Å². The molecular formula is C9H7F2NO3. The summed E-state index contributed by atoms with van der Waals surface area (Å²) in [7, 11) is 0. The Bertz CT molecular complexity index is 434. The second-order valence-corrected chi connectivity index (χ2v) is 3.04. The van der Waals surface area contributed by atoms with E-state index in [1.165, 1.54) is 0 Å². The van der Waals surface area contributed by atoms with E-state index < -0.39 is 24.1 Å². The molecule has 0 atom stereocenters. The van der Waals surface area contributed by atoms with Crippen LogP contribution in [0.15, 0.2) is 6.07 Å². The number of benzene rings is 1. The lowest BCUT2D eigenvalue weighted by molar-refractivity contribution is -0.118. The largest absolute Gasteiger partial charge is 0.478 e. The van der Waals surface area contributed by atoms with Gasteiger partial charge in [0.15, 0.2) is 18.2 Å². The molecule has 0 unspecified atom stereocenters. The van der Waals surface area contributed by atoms with E-state index in [0.29, 0.717) is 0 Å². The van der Waals surface area contributed by atoms with Crippen LogP contribution in [-0.2, 0) is 11.4 Å². The number of carbonyl (C=O) groups is 1. The first-order valence-electron chi connectivity index (χ1n) is 4.18. The number of amides is 1. The van der Waals surface area contributed by atoms with Crippen molar-refractivity contribution in [2.24, 2.45) is 0 Å². The minimum absolute atomic E-state index is 0.0363. The Balaban J connectivity index is 2.57. The van der Waals surface area contributed by atoms with Gasteiger partial charge in [-0.2, -0.15) is 4.39 Å². The van der Waals surface area contributed by atoms with Crippen LogP contribution in [0.3, 0.4) is 0 Å². The van der Waals surface area contributed by atoms with Crippen LogP contribution in [0.5, 0.6) is 5.75 Å². The summed E-state index contributed by atoms with van der Waals surface area (Å²) >= 11 is 0. The molecule has 0 bridgehead atoms. The molecule has 0 fully saturated rings. The van der Waals surface area contributed by atoms with E-state index in [9.17, 15) is 13.6 Å². The standard InChI is InChI=1S/C9H7F2NO3/c10-7-4(2-13)1-5-9(8(7)11)15-3-6(14)12-5/h1,13H,2-3H2,(H,12,14). The molecular weight excluding hydrogens is 208 g/mol. The van der Waals surface area contributed by atoms with Crippen molar-refractivity contribution in [3.8, 4) is 5.75 Å². The topological polar surface area (TPSA) is 58.6 Å². The maximum atomic E-state index is 13.3. The molecule has 1 aliphatic heterocycles. The Morgan fingerprint density at radius 3 is 2.87 bits per heavy atom. The molecule has 2 N–H and O–H groups in total. The van der Waals surface area contributed by atoms with Gasteiger partial charge in [0.05, 0.1) is 12.3 Å². The molecule has 0 spiro atoms. The third-order valence-corrected chi connectivity index (χ3v) is 2.03. The van der Waals surface area contributed by atoms with Crippen molar-refractivity contribution in [2.45, 2.75) is 6.61 Å². The predicted molar refractivity (Wildman–Crippen MR) is 46.4 cm³/mol. The zero-order valence-corrected chi connectivity index (χ0v) is 7.51. The highest BCUT2D eigenvalue weighted by molar-refractivity contribution is 5.95. The first-order valence-corrected chi connectivity index (χ1v) is 4.18. The van der Waals surface area contributed by atoms with Crippen LogP contribution >= 0.6 is 0 Å². The van der Waals surface area contributed by atoms with Crippen molar-refractivity contribution in [2.75, 3.05) is 11.9 Å². The maximum Gasteiger partial charge on any atom is 0.262 e. The summed E-state index contributed by atoms with van der Waals surface area (Å²) in [6.45, 7) is -0.992. The van der Waals surface area contributed by atoms with Crippen LogP contribution in [0.1, 0.15) is 5.56 Å². The third-order valence-electron chi connectivity index (χ3n) is 2.03. The van der Waals surface area contributed by atoms with E-state index in [4.69, 9.17) is 9.84 Å². The summed E-state index contributed by atoms with van der Waals surface area (Å²) in [5.74, 6) is -3.13. The summed E-state index contributed by atoms with van der Waals surface area (Å²) in [6, 6.07) is 1.14. The Morgan fingerprint density at radius 2 is 2.20 bits per heavy atom. The third kappa shape index (κ3) is 1.52. The van der Waals surface area contributed by atoms with Crippen LogP contribution in [0.25, 0.3) is 0 Å². The van der Waals surface area contributed by atoms with Crippen LogP contribution in [0, 0.1) is 11.6 Å². The van der Waals surface area contributed by atoms with E-state index >= 15 is 0 Å². The molecule has 4 nitrogen and oxygen atoms in total. The lowest BCUT2D eigenvalue weighted by Crippen LogP contribution is -2.26. The number of aliphatic hydroxyl groups excluding tert-OH is 1. The molecule has 15 heavy (non-hydrogen) atoms. The predicted octanol–water partition coefficient (Wildman–Crippen LogP) is 0.788. The molecule has 1 aromatic carbocycles. The van der Waals surface area contributed by atoms with Gasteiger partial charge in [0, 0.05) is 5.56 Å². The van der Waals surface area contributed by atoms with Crippen LogP contribution in [-0.4, -0.2) is 17.6 Å². The van der Waals surface area contributed by atoms with E-state index in [2.05, 4.69) is 5.32 Å². The van der Waals surface area contributed by atoms with E-state index in [-0.39, 0.29) is 23.6 Å². The monoisotopic (exact) mass is 215 g/mol. The van der Waals surface area contributed by atoms with Gasteiger partial charge in [-0.05, 0) is 6.07 Å². The molecule has 0 saturated carbocycles. The SMILES string of the molecule is O=C1COc2c(cc(CO)c(F)c2F)N1. The van der Waals surface area contributed by atoms with E-state index in [1.54, 1.807) is 0 Å². The molecule has 80 valence electrons. The van der Waals surface area contributed by atoms with E-state index in [1.807, 2.05) is 0 Å². The number of rotatable bonds is 1. The number of halogens is 2. The number of ether oxygens (including phenoxy) is 1. The Morgan fingerprint density at radius 1 is 1.47 bits per heavy atom. The van der Waals surface area contributed by atoms with Crippen LogP contribution in [0.2, 0.25) is 0 Å². The molecule has 0 saturated heterocycles. The van der Waals surface area contributed by atoms with Crippen molar-refractivity contribution in [1.82, 2.24) is 0 Å². The number of carbonyl (C=O) groups excluding carboxylic acids is 1. The van der Waals surface area contributed by atoms with Gasteiger partial charge in [0.1, 0.15) is 0 Å². The molecule has 1 heterocycles. The summed E-state index contributed by atoms with van der Waals surface area (Å²) in [5, 5.41) is 11.1. The highest BCUT2D eigenvalue weighted by Crippen LogP contribution is 2.34. The average Bonchev–Trinajstić information content (AvgIpc) is 2.23. The Kier molecular flexibility index (Phi) is 2.28. The minimum atomic E-state index is -1.20. The molecule has 0 aromatic heterocycles. The molecule has 1 aromatic rings. The maximum absolute atomic E-state index is 13.3. The lowest BCUT2D eigenvalue weighted by atomic mass is 10.1. The summed E-state index contributed by atoms with van der Waals surface area (Å²) in [4.78, 5) is 10.9. The second-order valence-electron chi connectivity index (χ2n) is 3.04. The highest BCUT2D eigenvalue weighted by atomic mass is 19.2. The average molecular weight is 215 g/mol. The quantitative estimate of drug-likeness (QED) is 0.728. The summed E-state index contributed by atoms with van der Waals surface area (Å²) < 4.78 is 31.2. The van der Waals surface area contributed by atoms with Gasteiger partial charge >= 0.3 is 0 Å². The van der Waals surface area contributed by atoms with Gasteiger partial charge in [-0.3, -0.25) is 4.79 Å². The van der Waals surface area contributed by atoms with Gasteiger partial charge in [0.25, 0.3) is 5.91 Å². The number of anilines is 1. The van der Waals surface area contributed by atoms with Crippen molar-refractivity contribution >= 4 is 11.6 Å². The lowest BCUT2D eigenvalue weighted by Gasteiger charge is -2.19. The molecule has 0 aliphatic carbocycles. The minimum Gasteiger partial charge on any atom is -0.478 e. The second kappa shape index (κ2) is 3.47. The van der Waals surface area contributed by atoms with Crippen molar-refractivity contribution in [1.29, 1.82) is 0 Å². The fraction of sp³-hybridized carbons (Fsp3) is 0.222. The summed E-state index contributed by atoms with van der Waals surface area (Å²) in [5.41, 5.74) is -0.189. The molecule has 2 rings (SSSR count). The zero-order chi connectivity index (χ0) is 11.0. The summed E-state index contributed by atoms with van der Waals surface area (Å²) in [6.07, 6.45) is 0. The number of fused-ring (bicyclic) bond motifs is 1. The smallest absolute Gasteiger partial charge is 0.262 e. The van der Waals surface area contributed by atoms with Crippen molar-refractivity contribution < 1.29 is 23.4 Å². The normalized spacial score (nSPS) is 14.2. The number of hydrogen-bond acceptors (Lipinski definition) is 3. The van der Waals surface area contributed by atoms with Crippen LogP contribution in [0.4, 0.5) is 14.5 Å². The molecule has 6 heteroatoms. The molecule has 1 aliphatic rings. The number of nitrogens with one attached hydrogen (secondary N) is 1. The van der Waals surface area contributed by atoms with Gasteiger partial charge in [0.2, 0.25) is 5.82 Å². The Labute approximate surface area is 83.5 Å². The number of aliphatic hydroxyl groups is 1. The Hall–Kier alpha value is -1.69. The molecule has 1 amide bonds. The van der Waals surface area contributed by atoms with Crippen molar-refractivity contribution in [3.63, 3.8) is 0 Å². The first-order chi connectivity index (χ1) is 7.13. The fourth-order valence-electron chi connectivity index (χ4n) is 1.34. The zero-order valence-electron chi connectivity index (χ0n) is 7.51.